The summed E-state index contributed by atoms with van der Waals surface area (Å²) in [6.45, 7) is 6.31. The number of alkyl halides is 1. The Hall–Kier alpha value is -1.34. The summed E-state index contributed by atoms with van der Waals surface area (Å²) in [4.78, 5) is 4.31. The second-order valence-electron chi connectivity index (χ2n) is 4.55. The van der Waals surface area contributed by atoms with Crippen LogP contribution in [-0.4, -0.2) is 10.4 Å². The van der Waals surface area contributed by atoms with E-state index in [0.717, 1.165) is 41.3 Å². The van der Waals surface area contributed by atoms with Gasteiger partial charge in [0.25, 0.3) is 0 Å². The lowest BCUT2D eigenvalue weighted by Crippen LogP contribution is -2.01. The molecule has 0 radical (unpaired) electrons. The number of aromatic nitrogens is 1. The maximum Gasteiger partial charge on any atom is 0.0702 e. The van der Waals surface area contributed by atoms with Gasteiger partial charge in [-0.15, -0.1) is 11.6 Å². The molecular weight excluding hydrogens is 242 g/mol. The van der Waals surface area contributed by atoms with Gasteiger partial charge in [-0.1, -0.05) is 38.5 Å². The highest BCUT2D eigenvalue weighted by atomic mass is 35.5. The number of nitrogens with zero attached hydrogens (tertiary/aromatic N) is 1. The minimum absolute atomic E-state index is 0.0269. The predicted molar refractivity (Wildman–Crippen MR) is 79.9 cm³/mol. The van der Waals surface area contributed by atoms with E-state index in [2.05, 4.69) is 36.7 Å². The molecule has 0 saturated heterocycles. The zero-order chi connectivity index (χ0) is 13.0. The van der Waals surface area contributed by atoms with E-state index in [-0.39, 0.29) is 5.38 Å². The molecule has 1 aromatic heterocycles. The molecule has 0 bridgehead atoms. The van der Waals surface area contributed by atoms with Crippen molar-refractivity contribution in [2.24, 2.45) is 0 Å². The van der Waals surface area contributed by atoms with Crippen LogP contribution in [0.1, 0.15) is 31.7 Å². The molecule has 18 heavy (non-hydrogen) atoms. The zero-order valence-corrected chi connectivity index (χ0v) is 11.5. The molecule has 1 unspecified atom stereocenters. The third-order valence-corrected chi connectivity index (χ3v) is 3.64. The third kappa shape index (κ3) is 2.91. The highest BCUT2D eigenvalue weighted by molar-refractivity contribution is 6.26. The summed E-state index contributed by atoms with van der Waals surface area (Å²) in [5.41, 5.74) is 3.14. The summed E-state index contributed by atoms with van der Waals surface area (Å²) >= 11 is 6.38. The maximum absolute atomic E-state index is 6.38. The normalized spacial score (nSPS) is 12.6. The Morgan fingerprint density at radius 3 is 3.00 bits per heavy atom. The Bertz CT molecular complexity index is 548. The predicted octanol–water partition coefficient (Wildman–Crippen LogP) is 5.05. The fourth-order valence-electron chi connectivity index (χ4n) is 2.01. The van der Waals surface area contributed by atoms with Crippen LogP contribution in [0.3, 0.4) is 0 Å². The summed E-state index contributed by atoms with van der Waals surface area (Å²) < 4.78 is 0. The van der Waals surface area contributed by atoms with Crippen LogP contribution in [-0.2, 0) is 0 Å². The Morgan fingerprint density at radius 1 is 1.39 bits per heavy atom. The summed E-state index contributed by atoms with van der Waals surface area (Å²) in [6, 6.07) is 10.2. The zero-order valence-electron chi connectivity index (χ0n) is 10.7. The highest BCUT2D eigenvalue weighted by Crippen LogP contribution is 2.26. The monoisotopic (exact) mass is 259 g/mol. The van der Waals surface area contributed by atoms with Crippen LogP contribution in [0.5, 0.6) is 0 Å². The molecule has 2 rings (SSSR count). The molecular formula is C16H18ClN. The smallest absolute Gasteiger partial charge is 0.0702 e. The molecule has 1 nitrogen and oxygen atoms in total. The Labute approximate surface area is 114 Å². The number of benzene rings is 1. The average Bonchev–Trinajstić information content (AvgIpc) is 2.43. The standard InChI is InChI=1S/C16H18ClN/c1-3-4-7-15(17)12(2)13-8-9-16-14(11-13)6-5-10-18-16/h5-6,8-11,15H,2-4,7H2,1H3. The number of hydrogen-bond acceptors (Lipinski definition) is 1. The van der Waals surface area contributed by atoms with E-state index in [1.54, 1.807) is 0 Å². The van der Waals surface area contributed by atoms with Crippen molar-refractivity contribution in [1.29, 1.82) is 0 Å². The summed E-state index contributed by atoms with van der Waals surface area (Å²) in [5.74, 6) is 0. The van der Waals surface area contributed by atoms with Crippen molar-refractivity contribution in [2.75, 3.05) is 0 Å². The number of rotatable bonds is 5. The quantitative estimate of drug-likeness (QED) is 0.685. The molecule has 0 aliphatic rings. The molecule has 0 spiro atoms. The fraction of sp³-hybridized carbons (Fsp3) is 0.312. The number of pyridine rings is 1. The number of hydrogen-bond donors (Lipinski definition) is 0. The summed E-state index contributed by atoms with van der Waals surface area (Å²) in [7, 11) is 0. The molecule has 0 aliphatic heterocycles. The third-order valence-electron chi connectivity index (χ3n) is 3.16. The van der Waals surface area contributed by atoms with Gasteiger partial charge in [0.1, 0.15) is 0 Å². The van der Waals surface area contributed by atoms with Crippen molar-refractivity contribution in [2.45, 2.75) is 31.6 Å². The average molecular weight is 260 g/mol. The molecule has 0 saturated carbocycles. The lowest BCUT2D eigenvalue weighted by atomic mass is 9.99. The minimum atomic E-state index is 0.0269. The Kier molecular flexibility index (Phi) is 4.38. The minimum Gasteiger partial charge on any atom is -0.256 e. The summed E-state index contributed by atoms with van der Waals surface area (Å²) in [5, 5.41) is 1.16. The maximum atomic E-state index is 6.38. The first kappa shape index (κ1) is 13.1. The van der Waals surface area contributed by atoms with Crippen molar-refractivity contribution in [1.82, 2.24) is 4.98 Å². The SMILES string of the molecule is C=C(c1ccc2ncccc2c1)C(Cl)CCCC. The van der Waals surface area contributed by atoms with Crippen molar-refractivity contribution < 1.29 is 0 Å². The van der Waals surface area contributed by atoms with Crippen LogP contribution in [0, 0.1) is 0 Å². The lowest BCUT2D eigenvalue weighted by molar-refractivity contribution is 0.740. The second kappa shape index (κ2) is 6.01. The number of halogens is 1. The second-order valence-corrected chi connectivity index (χ2v) is 5.07. The van der Waals surface area contributed by atoms with Crippen LogP contribution in [0.2, 0.25) is 0 Å². The molecule has 94 valence electrons. The number of allylic oxidation sites excluding steroid dienone is 1. The first-order chi connectivity index (χ1) is 8.72. The Balaban J connectivity index is 2.22. The van der Waals surface area contributed by atoms with E-state index in [4.69, 9.17) is 11.6 Å². The topological polar surface area (TPSA) is 12.9 Å². The molecule has 0 N–H and O–H groups in total. The molecule has 0 aliphatic carbocycles. The number of fused-ring (bicyclic) bond motifs is 1. The molecule has 2 aromatic rings. The van der Waals surface area contributed by atoms with Crippen molar-refractivity contribution in [3.63, 3.8) is 0 Å². The van der Waals surface area contributed by atoms with Crippen molar-refractivity contribution >= 4 is 28.1 Å². The molecule has 2 heteroatoms. The van der Waals surface area contributed by atoms with Crippen LogP contribution in [0.25, 0.3) is 16.5 Å². The van der Waals surface area contributed by atoms with E-state index in [9.17, 15) is 0 Å². The van der Waals surface area contributed by atoms with E-state index in [1.165, 1.54) is 0 Å². The van der Waals surface area contributed by atoms with E-state index < -0.39 is 0 Å². The van der Waals surface area contributed by atoms with Gasteiger partial charge in [0.05, 0.1) is 10.9 Å². The summed E-state index contributed by atoms with van der Waals surface area (Å²) in [6.07, 6.45) is 5.10. The largest absolute Gasteiger partial charge is 0.256 e. The van der Waals surface area contributed by atoms with Gasteiger partial charge in [0.2, 0.25) is 0 Å². The number of unbranched alkanes of at least 4 members (excludes halogenated alkanes) is 1. The highest BCUT2D eigenvalue weighted by Gasteiger charge is 2.11. The van der Waals surface area contributed by atoms with E-state index in [0.29, 0.717) is 0 Å². The van der Waals surface area contributed by atoms with Gasteiger partial charge >= 0.3 is 0 Å². The molecule has 1 atom stereocenters. The van der Waals surface area contributed by atoms with Crippen LogP contribution in [0.15, 0.2) is 43.1 Å². The first-order valence-electron chi connectivity index (χ1n) is 6.40. The van der Waals surface area contributed by atoms with Gasteiger partial charge in [0.15, 0.2) is 0 Å². The van der Waals surface area contributed by atoms with Gasteiger partial charge in [-0.05, 0) is 35.8 Å². The molecule has 1 heterocycles. The lowest BCUT2D eigenvalue weighted by Gasteiger charge is -2.13. The molecule has 0 fully saturated rings. The Morgan fingerprint density at radius 2 is 2.22 bits per heavy atom. The van der Waals surface area contributed by atoms with Crippen LogP contribution >= 0.6 is 11.6 Å². The van der Waals surface area contributed by atoms with Crippen LogP contribution in [0.4, 0.5) is 0 Å². The first-order valence-corrected chi connectivity index (χ1v) is 6.84. The van der Waals surface area contributed by atoms with E-state index >= 15 is 0 Å². The van der Waals surface area contributed by atoms with Crippen molar-refractivity contribution in [3.8, 4) is 0 Å². The van der Waals surface area contributed by atoms with Gasteiger partial charge in [-0.3, -0.25) is 4.98 Å². The van der Waals surface area contributed by atoms with Gasteiger partial charge in [-0.25, -0.2) is 0 Å². The van der Waals surface area contributed by atoms with Gasteiger partial charge in [0, 0.05) is 11.6 Å². The fourth-order valence-corrected chi connectivity index (χ4v) is 2.29. The van der Waals surface area contributed by atoms with Gasteiger partial charge in [-0.2, -0.15) is 0 Å². The molecule has 0 amide bonds. The van der Waals surface area contributed by atoms with Crippen LogP contribution < -0.4 is 0 Å². The van der Waals surface area contributed by atoms with Crippen molar-refractivity contribution in [3.05, 3.63) is 48.7 Å². The molecule has 1 aromatic carbocycles. The van der Waals surface area contributed by atoms with E-state index in [1.807, 2.05) is 18.3 Å². The van der Waals surface area contributed by atoms with Gasteiger partial charge < -0.3 is 0 Å².